The minimum atomic E-state index is -0.139. The summed E-state index contributed by atoms with van der Waals surface area (Å²) in [5.41, 5.74) is 0.768. The zero-order chi connectivity index (χ0) is 15.9. The van der Waals surface area contributed by atoms with Crippen LogP contribution in [0.1, 0.15) is 70.6 Å². The molecule has 0 spiro atoms. The fourth-order valence-electron chi connectivity index (χ4n) is 3.63. The van der Waals surface area contributed by atoms with Crippen molar-refractivity contribution in [3.63, 3.8) is 0 Å². The number of carbonyl (C=O) groups excluding carboxylic acids is 1. The van der Waals surface area contributed by atoms with Gasteiger partial charge in [0, 0.05) is 5.57 Å². The van der Waals surface area contributed by atoms with Gasteiger partial charge in [-0.3, -0.25) is 0 Å². The Kier molecular flexibility index (Phi) is 5.95. The molecule has 0 unspecified atom stereocenters. The Labute approximate surface area is 139 Å². The molecule has 3 rings (SSSR count). The van der Waals surface area contributed by atoms with Gasteiger partial charge >= 0.3 is 5.97 Å². The first-order chi connectivity index (χ1) is 11.3. The lowest BCUT2D eigenvalue weighted by Gasteiger charge is -2.16. The summed E-state index contributed by atoms with van der Waals surface area (Å²) in [6.45, 7) is 0. The Bertz CT molecular complexity index is 489. The van der Waals surface area contributed by atoms with Crippen molar-refractivity contribution in [2.24, 2.45) is 0 Å². The lowest BCUT2D eigenvalue weighted by molar-refractivity contribution is -0.144. The van der Waals surface area contributed by atoms with E-state index in [9.17, 15) is 4.79 Å². The maximum atomic E-state index is 12.5. The van der Waals surface area contributed by atoms with Gasteiger partial charge in [0.2, 0.25) is 0 Å². The molecule has 0 heterocycles. The Balaban J connectivity index is 1.69. The van der Waals surface area contributed by atoms with Crippen LogP contribution in [0, 0.1) is 0 Å². The quantitative estimate of drug-likeness (QED) is 0.686. The third-order valence-corrected chi connectivity index (χ3v) is 4.97. The van der Waals surface area contributed by atoms with Crippen LogP contribution in [0.4, 0.5) is 0 Å². The number of rotatable bonds is 4. The maximum Gasteiger partial charge on any atom is 0.334 e. The monoisotopic (exact) mass is 316 g/mol. The Morgan fingerprint density at radius 1 is 0.957 bits per heavy atom. The minimum Gasteiger partial charge on any atom is -0.490 e. The predicted octanol–water partition coefficient (Wildman–Crippen LogP) is 4.98. The molecule has 0 aliphatic heterocycles. The summed E-state index contributed by atoms with van der Waals surface area (Å²) in [4.78, 5) is 12.5. The first-order valence-corrected chi connectivity index (χ1v) is 9.26. The normalized spacial score (nSPS) is 23.7. The van der Waals surface area contributed by atoms with Crippen molar-refractivity contribution in [2.45, 2.75) is 82.8 Å². The lowest BCUT2D eigenvalue weighted by Crippen LogP contribution is -2.17. The smallest absolute Gasteiger partial charge is 0.334 e. The molecule has 3 aliphatic rings. The van der Waals surface area contributed by atoms with Crippen LogP contribution in [0.15, 0.2) is 35.6 Å². The van der Waals surface area contributed by atoms with E-state index in [1.165, 1.54) is 25.7 Å². The average Bonchev–Trinajstić information content (AvgIpc) is 3.22. The summed E-state index contributed by atoms with van der Waals surface area (Å²) in [5.74, 6) is 0.674. The highest BCUT2D eigenvalue weighted by atomic mass is 16.5. The molecular formula is C20H28O3. The number of carbonyl (C=O) groups is 1. The molecule has 126 valence electrons. The van der Waals surface area contributed by atoms with Gasteiger partial charge in [0.15, 0.2) is 0 Å². The topological polar surface area (TPSA) is 35.5 Å². The number of hydrogen-bond donors (Lipinski definition) is 0. The van der Waals surface area contributed by atoms with Crippen molar-refractivity contribution < 1.29 is 14.3 Å². The van der Waals surface area contributed by atoms with Crippen molar-refractivity contribution in [1.82, 2.24) is 0 Å². The molecule has 0 radical (unpaired) electrons. The highest BCUT2D eigenvalue weighted by molar-refractivity contribution is 5.89. The van der Waals surface area contributed by atoms with Gasteiger partial charge in [0.25, 0.3) is 0 Å². The minimum absolute atomic E-state index is 0.123. The lowest BCUT2D eigenvalue weighted by atomic mass is 10.1. The van der Waals surface area contributed by atoms with E-state index < -0.39 is 0 Å². The molecule has 0 bridgehead atoms. The van der Waals surface area contributed by atoms with Crippen LogP contribution < -0.4 is 0 Å². The van der Waals surface area contributed by atoms with Crippen LogP contribution in [0.5, 0.6) is 0 Å². The van der Waals surface area contributed by atoms with E-state index in [0.717, 1.165) is 56.3 Å². The average molecular weight is 316 g/mol. The molecule has 2 saturated carbocycles. The molecule has 0 atom stereocenters. The summed E-state index contributed by atoms with van der Waals surface area (Å²) in [6, 6.07) is 0. The molecular weight excluding hydrogens is 288 g/mol. The molecule has 0 aromatic carbocycles. The van der Waals surface area contributed by atoms with Gasteiger partial charge in [-0.05, 0) is 82.8 Å². The molecule has 3 nitrogen and oxygen atoms in total. The van der Waals surface area contributed by atoms with Crippen LogP contribution in [0.3, 0.4) is 0 Å². The fraction of sp³-hybridized carbons (Fsp3) is 0.650. The molecule has 3 aliphatic carbocycles. The predicted molar refractivity (Wildman–Crippen MR) is 90.8 cm³/mol. The summed E-state index contributed by atoms with van der Waals surface area (Å²) in [5, 5.41) is 0. The van der Waals surface area contributed by atoms with Gasteiger partial charge in [0.1, 0.15) is 11.9 Å². The molecule has 0 amide bonds. The second-order valence-electron chi connectivity index (χ2n) is 6.90. The molecule has 23 heavy (non-hydrogen) atoms. The van der Waals surface area contributed by atoms with E-state index in [0.29, 0.717) is 6.10 Å². The molecule has 0 aromatic heterocycles. The summed E-state index contributed by atoms with van der Waals surface area (Å²) in [7, 11) is 0. The zero-order valence-electron chi connectivity index (χ0n) is 14.0. The molecule has 3 heteroatoms. The standard InChI is InChI=1S/C20H28O3/c21-20(23-18-12-7-8-13-18)16-9-3-1-2-4-14-19(15-16)22-17-10-5-6-11-17/h2,4,14-15,17-18H,1,3,5-13H2. The first-order valence-electron chi connectivity index (χ1n) is 9.26. The van der Waals surface area contributed by atoms with Crippen molar-refractivity contribution >= 4 is 5.97 Å². The molecule has 0 N–H and O–H groups in total. The molecule has 0 saturated heterocycles. The van der Waals surface area contributed by atoms with Gasteiger partial charge in [-0.25, -0.2) is 4.79 Å². The zero-order valence-corrected chi connectivity index (χ0v) is 14.0. The summed E-state index contributed by atoms with van der Waals surface area (Å²) >= 11 is 0. The Hall–Kier alpha value is -1.51. The van der Waals surface area contributed by atoms with E-state index in [2.05, 4.69) is 6.08 Å². The maximum absolute atomic E-state index is 12.5. The van der Waals surface area contributed by atoms with E-state index >= 15 is 0 Å². The fourth-order valence-corrected chi connectivity index (χ4v) is 3.63. The summed E-state index contributed by atoms with van der Waals surface area (Å²) < 4.78 is 11.8. The van der Waals surface area contributed by atoms with Crippen molar-refractivity contribution in [3.8, 4) is 0 Å². The number of hydrogen-bond acceptors (Lipinski definition) is 3. The third-order valence-electron chi connectivity index (χ3n) is 4.97. The van der Waals surface area contributed by atoms with Crippen LogP contribution >= 0.6 is 0 Å². The highest BCUT2D eigenvalue weighted by Gasteiger charge is 2.22. The van der Waals surface area contributed by atoms with Crippen LogP contribution in [-0.2, 0) is 14.3 Å². The Morgan fingerprint density at radius 3 is 2.39 bits per heavy atom. The second-order valence-corrected chi connectivity index (χ2v) is 6.90. The van der Waals surface area contributed by atoms with Gasteiger partial charge in [0.05, 0.1) is 6.10 Å². The van der Waals surface area contributed by atoms with Gasteiger partial charge < -0.3 is 9.47 Å². The molecule has 2 fully saturated rings. The number of ether oxygens (including phenoxy) is 2. The van der Waals surface area contributed by atoms with Gasteiger partial charge in [-0.15, -0.1) is 0 Å². The van der Waals surface area contributed by atoms with Crippen LogP contribution in [0.25, 0.3) is 0 Å². The highest BCUT2D eigenvalue weighted by Crippen LogP contribution is 2.27. The van der Waals surface area contributed by atoms with Gasteiger partial charge in [-0.2, -0.15) is 0 Å². The SMILES string of the molecule is O=C(OC1CCCC1)C1=CC(OC2CCCC2)=CC=CCCC1. The van der Waals surface area contributed by atoms with Crippen molar-refractivity contribution in [1.29, 1.82) is 0 Å². The largest absolute Gasteiger partial charge is 0.490 e. The number of esters is 1. The second kappa shape index (κ2) is 8.37. The Morgan fingerprint density at radius 2 is 1.65 bits per heavy atom. The first kappa shape index (κ1) is 16.4. The van der Waals surface area contributed by atoms with E-state index in [1.807, 2.05) is 18.2 Å². The molecule has 0 aromatic rings. The van der Waals surface area contributed by atoms with E-state index in [-0.39, 0.29) is 12.1 Å². The van der Waals surface area contributed by atoms with Crippen molar-refractivity contribution in [2.75, 3.05) is 0 Å². The summed E-state index contributed by atoms with van der Waals surface area (Å²) in [6.07, 6.45) is 20.4. The third kappa shape index (κ3) is 4.98. The number of allylic oxidation sites excluding steroid dienone is 4. The van der Waals surface area contributed by atoms with E-state index in [4.69, 9.17) is 9.47 Å². The van der Waals surface area contributed by atoms with Crippen LogP contribution in [-0.4, -0.2) is 18.2 Å². The van der Waals surface area contributed by atoms with E-state index in [1.54, 1.807) is 0 Å². The van der Waals surface area contributed by atoms with Crippen LogP contribution in [0.2, 0.25) is 0 Å². The van der Waals surface area contributed by atoms with Gasteiger partial charge in [-0.1, -0.05) is 12.2 Å². The van der Waals surface area contributed by atoms with Crippen molar-refractivity contribution in [3.05, 3.63) is 35.6 Å².